The van der Waals surface area contributed by atoms with Gasteiger partial charge in [-0.05, 0) is 48.6 Å². The second-order valence-corrected chi connectivity index (χ2v) is 7.32. The molecule has 0 saturated heterocycles. The molecule has 130 valence electrons. The molecule has 0 bridgehead atoms. The lowest BCUT2D eigenvalue weighted by Gasteiger charge is -2.42. The van der Waals surface area contributed by atoms with Crippen LogP contribution in [-0.2, 0) is 13.0 Å². The van der Waals surface area contributed by atoms with E-state index >= 15 is 0 Å². The molecule has 0 aromatic heterocycles. The average Bonchev–Trinajstić information content (AvgIpc) is 2.67. The van der Waals surface area contributed by atoms with Crippen LogP contribution < -0.4 is 10.1 Å². The highest BCUT2D eigenvalue weighted by atomic mass is 16.5. The van der Waals surface area contributed by atoms with E-state index in [2.05, 4.69) is 41.7 Å². The van der Waals surface area contributed by atoms with E-state index in [9.17, 15) is 0 Å². The number of para-hydroxylation sites is 1. The first kappa shape index (κ1) is 16.2. The number of ether oxygens (including phenoxy) is 1. The van der Waals surface area contributed by atoms with E-state index in [1.165, 1.54) is 54.8 Å². The number of anilines is 1. The molecule has 0 unspecified atom stereocenters. The molecule has 1 saturated carbocycles. The fourth-order valence-corrected chi connectivity index (χ4v) is 4.30. The first-order valence-corrected chi connectivity index (χ1v) is 9.32. The van der Waals surface area contributed by atoms with Crippen LogP contribution in [0.5, 0.6) is 5.75 Å². The van der Waals surface area contributed by atoms with Gasteiger partial charge in [-0.1, -0.05) is 49.6 Å². The molecule has 1 aliphatic heterocycles. The number of hydrogen-bond donors (Lipinski definition) is 1. The molecule has 4 rings (SSSR count). The summed E-state index contributed by atoms with van der Waals surface area (Å²) >= 11 is 0. The van der Waals surface area contributed by atoms with Crippen molar-refractivity contribution in [2.24, 2.45) is 10.4 Å². The van der Waals surface area contributed by atoms with Gasteiger partial charge in [-0.25, -0.2) is 0 Å². The standard InChI is InChI=1S/C22H26N2O/c1-25-19-10-7-8-17(14-19)16-23-21-22(12-5-2-6-13-22)15-18-9-3-4-11-20(18)24-21/h3-4,7-11,14H,2,5-6,12-13,15-16H2,1H3,(H,23,24). The Morgan fingerprint density at radius 2 is 1.88 bits per heavy atom. The molecule has 0 radical (unpaired) electrons. The molecule has 2 aromatic carbocycles. The zero-order chi connectivity index (χ0) is 17.1. The van der Waals surface area contributed by atoms with Gasteiger partial charge in [-0.15, -0.1) is 0 Å². The number of nitrogens with zero attached hydrogens (tertiary/aromatic N) is 1. The molecule has 1 N–H and O–H groups in total. The van der Waals surface area contributed by atoms with Crippen molar-refractivity contribution in [2.45, 2.75) is 45.1 Å². The minimum atomic E-state index is 0.200. The maximum absolute atomic E-state index is 5.34. The van der Waals surface area contributed by atoms with Crippen molar-refractivity contribution < 1.29 is 4.74 Å². The van der Waals surface area contributed by atoms with Crippen molar-refractivity contribution >= 4 is 11.5 Å². The van der Waals surface area contributed by atoms with Crippen molar-refractivity contribution in [1.82, 2.24) is 0 Å². The second kappa shape index (κ2) is 6.91. The highest BCUT2D eigenvalue weighted by Crippen LogP contribution is 2.45. The van der Waals surface area contributed by atoms with Crippen molar-refractivity contribution in [2.75, 3.05) is 12.4 Å². The number of methoxy groups -OCH3 is 1. The predicted octanol–water partition coefficient (Wildman–Crippen LogP) is 5.21. The van der Waals surface area contributed by atoms with Crippen LogP contribution in [0.25, 0.3) is 0 Å². The van der Waals surface area contributed by atoms with Crippen LogP contribution in [0.1, 0.15) is 43.2 Å². The lowest BCUT2D eigenvalue weighted by Crippen LogP contribution is -2.43. The Morgan fingerprint density at radius 3 is 2.72 bits per heavy atom. The highest BCUT2D eigenvalue weighted by Gasteiger charge is 2.40. The van der Waals surface area contributed by atoms with Crippen LogP contribution >= 0.6 is 0 Å². The number of fused-ring (bicyclic) bond motifs is 1. The van der Waals surface area contributed by atoms with Crippen LogP contribution in [-0.4, -0.2) is 12.9 Å². The van der Waals surface area contributed by atoms with Gasteiger partial charge >= 0.3 is 0 Å². The van der Waals surface area contributed by atoms with Crippen molar-refractivity contribution in [3.8, 4) is 5.75 Å². The predicted molar refractivity (Wildman–Crippen MR) is 103 cm³/mol. The maximum atomic E-state index is 5.34. The van der Waals surface area contributed by atoms with E-state index < -0.39 is 0 Å². The third-order valence-electron chi connectivity index (χ3n) is 5.67. The lowest BCUT2D eigenvalue weighted by molar-refractivity contribution is 0.278. The summed E-state index contributed by atoms with van der Waals surface area (Å²) in [5, 5.41) is 3.68. The first-order valence-electron chi connectivity index (χ1n) is 9.32. The van der Waals surface area contributed by atoms with Gasteiger partial charge in [0, 0.05) is 11.1 Å². The first-order chi connectivity index (χ1) is 12.3. The molecule has 3 nitrogen and oxygen atoms in total. The second-order valence-electron chi connectivity index (χ2n) is 7.32. The molecule has 0 atom stereocenters. The lowest BCUT2D eigenvalue weighted by atomic mass is 9.67. The van der Waals surface area contributed by atoms with E-state index in [0.29, 0.717) is 6.54 Å². The molecule has 1 spiro atoms. The van der Waals surface area contributed by atoms with Gasteiger partial charge in [0.2, 0.25) is 0 Å². The Balaban J connectivity index is 1.65. The fraction of sp³-hybridized carbons (Fsp3) is 0.409. The number of hydrogen-bond acceptors (Lipinski definition) is 2. The Hall–Kier alpha value is -2.29. The van der Waals surface area contributed by atoms with Crippen molar-refractivity contribution in [3.63, 3.8) is 0 Å². The maximum Gasteiger partial charge on any atom is 0.119 e. The zero-order valence-corrected chi connectivity index (χ0v) is 14.9. The largest absolute Gasteiger partial charge is 0.497 e. The van der Waals surface area contributed by atoms with E-state index in [1.54, 1.807) is 7.11 Å². The van der Waals surface area contributed by atoms with Gasteiger partial charge in [0.25, 0.3) is 0 Å². The van der Waals surface area contributed by atoms with E-state index in [4.69, 9.17) is 9.73 Å². The molecule has 25 heavy (non-hydrogen) atoms. The Bertz CT molecular complexity index is 775. The van der Waals surface area contributed by atoms with Gasteiger partial charge in [-0.3, -0.25) is 4.99 Å². The molecular weight excluding hydrogens is 308 g/mol. The summed E-state index contributed by atoms with van der Waals surface area (Å²) in [6.45, 7) is 0.698. The molecule has 1 aliphatic carbocycles. The quantitative estimate of drug-likeness (QED) is 0.835. The minimum Gasteiger partial charge on any atom is -0.497 e. The molecule has 2 aliphatic rings. The van der Waals surface area contributed by atoms with Crippen LogP contribution in [0.3, 0.4) is 0 Å². The van der Waals surface area contributed by atoms with Gasteiger partial charge in [0.05, 0.1) is 13.7 Å². The summed E-state index contributed by atoms with van der Waals surface area (Å²) in [5.41, 5.74) is 4.05. The Labute approximate surface area is 150 Å². The molecule has 1 heterocycles. The fourth-order valence-electron chi connectivity index (χ4n) is 4.30. The Kier molecular flexibility index (Phi) is 4.48. The third kappa shape index (κ3) is 3.28. The van der Waals surface area contributed by atoms with Crippen LogP contribution in [0.2, 0.25) is 0 Å². The molecule has 2 aromatic rings. The van der Waals surface area contributed by atoms with E-state index in [-0.39, 0.29) is 5.41 Å². The normalized spacial score (nSPS) is 20.1. The van der Waals surface area contributed by atoms with Crippen molar-refractivity contribution in [3.05, 3.63) is 59.7 Å². The topological polar surface area (TPSA) is 33.6 Å². The Morgan fingerprint density at radius 1 is 1.04 bits per heavy atom. The van der Waals surface area contributed by atoms with Gasteiger partial charge in [0.15, 0.2) is 0 Å². The van der Waals surface area contributed by atoms with Gasteiger partial charge < -0.3 is 10.1 Å². The summed E-state index contributed by atoms with van der Waals surface area (Å²) in [6, 6.07) is 16.9. The number of nitrogens with one attached hydrogen (secondary N) is 1. The summed E-state index contributed by atoms with van der Waals surface area (Å²) < 4.78 is 5.34. The van der Waals surface area contributed by atoms with Crippen molar-refractivity contribution in [1.29, 1.82) is 0 Å². The number of aliphatic imine (C=N–C) groups is 1. The van der Waals surface area contributed by atoms with Crippen LogP contribution in [0.15, 0.2) is 53.5 Å². The number of benzene rings is 2. The van der Waals surface area contributed by atoms with Crippen LogP contribution in [0, 0.1) is 5.41 Å². The highest BCUT2D eigenvalue weighted by molar-refractivity contribution is 6.02. The minimum absolute atomic E-state index is 0.200. The number of rotatable bonds is 3. The zero-order valence-electron chi connectivity index (χ0n) is 14.9. The molecule has 3 heteroatoms. The third-order valence-corrected chi connectivity index (χ3v) is 5.67. The van der Waals surface area contributed by atoms with E-state index in [1.807, 2.05) is 12.1 Å². The summed E-state index contributed by atoms with van der Waals surface area (Å²) in [7, 11) is 1.71. The summed E-state index contributed by atoms with van der Waals surface area (Å²) in [4.78, 5) is 5.05. The average molecular weight is 334 g/mol. The van der Waals surface area contributed by atoms with Gasteiger partial charge in [0.1, 0.15) is 11.6 Å². The van der Waals surface area contributed by atoms with Gasteiger partial charge in [-0.2, -0.15) is 0 Å². The smallest absolute Gasteiger partial charge is 0.119 e. The van der Waals surface area contributed by atoms with E-state index in [0.717, 1.165) is 12.2 Å². The molecular formula is C22H26N2O. The van der Waals surface area contributed by atoms with Crippen LogP contribution in [0.4, 0.5) is 5.69 Å². The number of amidine groups is 1. The molecule has 0 amide bonds. The SMILES string of the molecule is COc1cccc(CN=C2Nc3ccccc3CC23CCCCC3)c1. The monoisotopic (exact) mass is 334 g/mol. The molecule has 1 fully saturated rings. The summed E-state index contributed by atoms with van der Waals surface area (Å²) in [5.74, 6) is 2.08. The summed E-state index contributed by atoms with van der Waals surface area (Å²) in [6.07, 6.45) is 7.57.